The summed E-state index contributed by atoms with van der Waals surface area (Å²) in [6, 6.07) is 4.31. The molecule has 0 radical (unpaired) electrons. The standard InChI is InChI=1S/C12H15N3O3S/c1-8-15(10(7-19-8)11(16)17)12(18)14-6-9-4-2-3-5-13-9/h2-5,8,10H,6-7H2,1H3,(H,14,18)(H,16,17). The Morgan fingerprint density at radius 1 is 1.58 bits per heavy atom. The molecular formula is C12H15N3O3S. The van der Waals surface area contributed by atoms with Gasteiger partial charge in [0.25, 0.3) is 0 Å². The molecule has 0 bridgehead atoms. The number of carboxylic acids is 1. The van der Waals surface area contributed by atoms with Gasteiger partial charge in [-0.05, 0) is 19.1 Å². The summed E-state index contributed by atoms with van der Waals surface area (Å²) in [4.78, 5) is 28.6. The molecule has 1 aliphatic heterocycles. The molecule has 1 fully saturated rings. The number of rotatable bonds is 3. The van der Waals surface area contributed by atoms with Crippen molar-refractivity contribution in [1.29, 1.82) is 0 Å². The Balaban J connectivity index is 1.97. The lowest BCUT2D eigenvalue weighted by atomic mass is 10.3. The Kier molecular flexibility index (Phi) is 4.26. The van der Waals surface area contributed by atoms with E-state index < -0.39 is 12.0 Å². The van der Waals surface area contributed by atoms with E-state index in [1.807, 2.05) is 13.0 Å². The molecule has 1 aliphatic rings. The van der Waals surface area contributed by atoms with Crippen molar-refractivity contribution in [1.82, 2.24) is 15.2 Å². The predicted molar refractivity (Wildman–Crippen MR) is 71.7 cm³/mol. The van der Waals surface area contributed by atoms with Crippen molar-refractivity contribution in [2.45, 2.75) is 24.9 Å². The first-order valence-electron chi connectivity index (χ1n) is 5.90. The molecule has 2 atom stereocenters. The highest BCUT2D eigenvalue weighted by atomic mass is 32.2. The average Bonchev–Trinajstić information content (AvgIpc) is 2.79. The van der Waals surface area contributed by atoms with E-state index >= 15 is 0 Å². The molecule has 6 nitrogen and oxygen atoms in total. The maximum absolute atomic E-state index is 12.1. The maximum Gasteiger partial charge on any atom is 0.327 e. The van der Waals surface area contributed by atoms with Gasteiger partial charge in [-0.15, -0.1) is 11.8 Å². The molecule has 7 heteroatoms. The zero-order valence-electron chi connectivity index (χ0n) is 10.4. The summed E-state index contributed by atoms with van der Waals surface area (Å²) in [6.45, 7) is 2.12. The number of carbonyl (C=O) groups excluding carboxylic acids is 1. The predicted octanol–water partition coefficient (Wildman–Crippen LogP) is 1.14. The molecule has 0 saturated carbocycles. The molecule has 1 saturated heterocycles. The van der Waals surface area contributed by atoms with E-state index in [2.05, 4.69) is 10.3 Å². The van der Waals surface area contributed by atoms with E-state index in [0.29, 0.717) is 12.3 Å². The van der Waals surface area contributed by atoms with Gasteiger partial charge in [-0.3, -0.25) is 9.88 Å². The van der Waals surface area contributed by atoms with Crippen LogP contribution in [0.3, 0.4) is 0 Å². The summed E-state index contributed by atoms with van der Waals surface area (Å²) in [7, 11) is 0. The smallest absolute Gasteiger partial charge is 0.327 e. The molecule has 19 heavy (non-hydrogen) atoms. The number of hydrogen-bond donors (Lipinski definition) is 2. The van der Waals surface area contributed by atoms with Crippen molar-refractivity contribution in [2.24, 2.45) is 0 Å². The van der Waals surface area contributed by atoms with Crippen LogP contribution in [0.4, 0.5) is 4.79 Å². The Morgan fingerprint density at radius 3 is 3.00 bits per heavy atom. The molecular weight excluding hydrogens is 266 g/mol. The monoisotopic (exact) mass is 281 g/mol. The van der Waals surface area contributed by atoms with Crippen LogP contribution in [0.15, 0.2) is 24.4 Å². The van der Waals surface area contributed by atoms with Gasteiger partial charge in [0.15, 0.2) is 0 Å². The molecule has 102 valence electrons. The van der Waals surface area contributed by atoms with Gasteiger partial charge in [-0.2, -0.15) is 0 Å². The lowest BCUT2D eigenvalue weighted by Crippen LogP contribution is -2.49. The molecule has 1 aromatic heterocycles. The second-order valence-corrected chi connectivity index (χ2v) is 5.52. The SMILES string of the molecule is CC1SCC(C(=O)O)N1C(=O)NCc1ccccn1. The summed E-state index contributed by atoms with van der Waals surface area (Å²) >= 11 is 1.46. The van der Waals surface area contributed by atoms with Gasteiger partial charge < -0.3 is 10.4 Å². The summed E-state index contributed by atoms with van der Waals surface area (Å²) in [5.41, 5.74) is 0.738. The lowest BCUT2D eigenvalue weighted by molar-refractivity contribution is -0.141. The average molecular weight is 281 g/mol. The summed E-state index contributed by atoms with van der Waals surface area (Å²) in [5.74, 6) is -0.544. The van der Waals surface area contributed by atoms with Crippen LogP contribution in [0.25, 0.3) is 0 Å². The molecule has 2 unspecified atom stereocenters. The van der Waals surface area contributed by atoms with Gasteiger partial charge in [-0.1, -0.05) is 6.07 Å². The van der Waals surface area contributed by atoms with Crippen LogP contribution in [-0.4, -0.2) is 44.2 Å². The normalized spacial score (nSPS) is 22.3. The van der Waals surface area contributed by atoms with Gasteiger partial charge in [0.1, 0.15) is 6.04 Å². The van der Waals surface area contributed by atoms with E-state index in [1.54, 1.807) is 18.3 Å². The molecule has 0 spiro atoms. The van der Waals surface area contributed by atoms with E-state index in [0.717, 1.165) is 5.69 Å². The number of carbonyl (C=O) groups is 2. The summed E-state index contributed by atoms with van der Waals surface area (Å²) < 4.78 is 0. The highest BCUT2D eigenvalue weighted by Gasteiger charge is 2.39. The minimum atomic E-state index is -0.968. The number of nitrogens with one attached hydrogen (secondary N) is 1. The van der Waals surface area contributed by atoms with Crippen LogP contribution in [-0.2, 0) is 11.3 Å². The van der Waals surface area contributed by atoms with Crippen molar-refractivity contribution in [3.63, 3.8) is 0 Å². The first-order valence-corrected chi connectivity index (χ1v) is 6.95. The topological polar surface area (TPSA) is 82.5 Å². The van der Waals surface area contributed by atoms with E-state index in [9.17, 15) is 9.59 Å². The molecule has 0 aliphatic carbocycles. The largest absolute Gasteiger partial charge is 0.480 e. The van der Waals surface area contributed by atoms with E-state index in [1.165, 1.54) is 16.7 Å². The third-order valence-corrected chi connectivity index (χ3v) is 4.11. The Morgan fingerprint density at radius 2 is 2.37 bits per heavy atom. The molecule has 2 heterocycles. The number of urea groups is 1. The van der Waals surface area contributed by atoms with E-state index in [4.69, 9.17) is 5.11 Å². The molecule has 2 N–H and O–H groups in total. The van der Waals surface area contributed by atoms with Gasteiger partial charge in [0.05, 0.1) is 17.6 Å². The number of amides is 2. The minimum Gasteiger partial charge on any atom is -0.480 e. The van der Waals surface area contributed by atoms with Crippen LogP contribution >= 0.6 is 11.8 Å². The van der Waals surface area contributed by atoms with Crippen molar-refractivity contribution >= 4 is 23.8 Å². The lowest BCUT2D eigenvalue weighted by Gasteiger charge is -2.25. The fourth-order valence-electron chi connectivity index (χ4n) is 1.90. The summed E-state index contributed by atoms with van der Waals surface area (Å²) in [6.07, 6.45) is 1.65. The Hall–Kier alpha value is -1.76. The zero-order chi connectivity index (χ0) is 13.8. The number of nitrogens with zero attached hydrogens (tertiary/aromatic N) is 2. The Bertz CT molecular complexity index is 469. The van der Waals surface area contributed by atoms with Crippen molar-refractivity contribution in [3.05, 3.63) is 30.1 Å². The highest BCUT2D eigenvalue weighted by molar-refractivity contribution is 8.00. The first kappa shape index (κ1) is 13.7. The Labute approximate surface area is 115 Å². The van der Waals surface area contributed by atoms with Crippen LogP contribution in [0.1, 0.15) is 12.6 Å². The molecule has 1 aromatic rings. The maximum atomic E-state index is 12.1. The number of carboxylic acid groups (broad SMARTS) is 1. The summed E-state index contributed by atoms with van der Waals surface area (Å²) in [5, 5.41) is 11.7. The van der Waals surface area contributed by atoms with Crippen molar-refractivity contribution < 1.29 is 14.7 Å². The number of pyridine rings is 1. The molecule has 0 aromatic carbocycles. The van der Waals surface area contributed by atoms with Gasteiger partial charge in [0.2, 0.25) is 0 Å². The van der Waals surface area contributed by atoms with Crippen LogP contribution in [0.2, 0.25) is 0 Å². The molecule has 2 amide bonds. The number of aliphatic carboxylic acids is 1. The van der Waals surface area contributed by atoms with Crippen LogP contribution in [0.5, 0.6) is 0 Å². The quantitative estimate of drug-likeness (QED) is 0.868. The fraction of sp³-hybridized carbons (Fsp3) is 0.417. The highest BCUT2D eigenvalue weighted by Crippen LogP contribution is 2.28. The van der Waals surface area contributed by atoms with Crippen LogP contribution in [0, 0.1) is 0 Å². The third kappa shape index (κ3) is 3.17. The molecule has 2 rings (SSSR count). The number of thioether (sulfide) groups is 1. The van der Waals surface area contributed by atoms with Crippen LogP contribution < -0.4 is 5.32 Å². The third-order valence-electron chi connectivity index (χ3n) is 2.89. The fourth-order valence-corrected chi connectivity index (χ4v) is 3.07. The van der Waals surface area contributed by atoms with Gasteiger partial charge >= 0.3 is 12.0 Å². The second-order valence-electron chi connectivity index (χ2n) is 4.17. The van der Waals surface area contributed by atoms with E-state index in [-0.39, 0.29) is 11.4 Å². The minimum absolute atomic E-state index is 0.134. The zero-order valence-corrected chi connectivity index (χ0v) is 11.3. The van der Waals surface area contributed by atoms with Crippen molar-refractivity contribution in [2.75, 3.05) is 5.75 Å². The first-order chi connectivity index (χ1) is 9.09. The van der Waals surface area contributed by atoms with Crippen molar-refractivity contribution in [3.8, 4) is 0 Å². The number of hydrogen-bond acceptors (Lipinski definition) is 4. The second kappa shape index (κ2) is 5.92. The van der Waals surface area contributed by atoms with Gasteiger partial charge in [-0.25, -0.2) is 9.59 Å². The van der Waals surface area contributed by atoms with Gasteiger partial charge in [0, 0.05) is 11.9 Å². The number of aromatic nitrogens is 1.